The van der Waals surface area contributed by atoms with Crippen molar-refractivity contribution in [1.29, 1.82) is 0 Å². The van der Waals surface area contributed by atoms with Crippen LogP contribution in [0.4, 0.5) is 5.13 Å². The third kappa shape index (κ3) is 3.96. The minimum Gasteiger partial charge on any atom is -0.454 e. The van der Waals surface area contributed by atoms with Gasteiger partial charge in [-0.1, -0.05) is 30.3 Å². The predicted molar refractivity (Wildman–Crippen MR) is 88.3 cm³/mol. The Hall–Kier alpha value is -2.74. The molecule has 1 fully saturated rings. The molecule has 0 saturated carbocycles. The van der Waals surface area contributed by atoms with Crippen molar-refractivity contribution >= 4 is 34.3 Å². The standard InChI is InChI=1S/C16H15N3O4S/c20-13-7-6-11(17-13)15(22)23-8-14(21)19-16-18-12(9-24-16)10-4-2-1-3-5-10/h1-5,9,11H,6-8H2,(H,17,20)(H,18,19,21)/t11-/m0/s1. The fourth-order valence-corrected chi connectivity index (χ4v) is 2.99. The van der Waals surface area contributed by atoms with Gasteiger partial charge in [-0.2, -0.15) is 0 Å². The maximum atomic E-state index is 11.8. The van der Waals surface area contributed by atoms with Crippen LogP contribution in [0.1, 0.15) is 12.8 Å². The van der Waals surface area contributed by atoms with Gasteiger partial charge in [-0.25, -0.2) is 9.78 Å². The van der Waals surface area contributed by atoms with Gasteiger partial charge in [0.15, 0.2) is 11.7 Å². The Morgan fingerprint density at radius 2 is 2.12 bits per heavy atom. The molecular weight excluding hydrogens is 330 g/mol. The van der Waals surface area contributed by atoms with Crippen LogP contribution in [-0.2, 0) is 19.1 Å². The number of rotatable bonds is 5. The Morgan fingerprint density at radius 3 is 2.83 bits per heavy atom. The highest BCUT2D eigenvalue weighted by molar-refractivity contribution is 7.14. The topological polar surface area (TPSA) is 97.4 Å². The number of ether oxygens (including phenoxy) is 1. The van der Waals surface area contributed by atoms with Gasteiger partial charge in [0.25, 0.3) is 5.91 Å². The normalized spacial score (nSPS) is 16.5. The van der Waals surface area contributed by atoms with E-state index in [1.807, 2.05) is 35.7 Å². The summed E-state index contributed by atoms with van der Waals surface area (Å²) in [4.78, 5) is 38.9. The molecule has 2 amide bonds. The number of carbonyl (C=O) groups is 3. The lowest BCUT2D eigenvalue weighted by atomic mass is 10.2. The van der Waals surface area contributed by atoms with Crippen LogP contribution in [0.2, 0.25) is 0 Å². The molecule has 24 heavy (non-hydrogen) atoms. The SMILES string of the molecule is O=C(COC(=O)[C@@H]1CCC(=O)N1)Nc1nc(-c2ccccc2)cs1. The van der Waals surface area contributed by atoms with E-state index in [0.717, 1.165) is 11.3 Å². The zero-order valence-electron chi connectivity index (χ0n) is 12.7. The molecule has 1 aromatic heterocycles. The molecule has 2 aromatic rings. The minimum absolute atomic E-state index is 0.183. The van der Waals surface area contributed by atoms with Gasteiger partial charge in [-0.05, 0) is 6.42 Å². The van der Waals surface area contributed by atoms with E-state index in [2.05, 4.69) is 15.6 Å². The molecule has 8 heteroatoms. The second-order valence-electron chi connectivity index (χ2n) is 5.22. The first kappa shape index (κ1) is 16.1. The number of hydrogen-bond acceptors (Lipinski definition) is 6. The van der Waals surface area contributed by atoms with Gasteiger partial charge < -0.3 is 10.1 Å². The molecule has 1 atom stereocenters. The molecule has 0 radical (unpaired) electrons. The summed E-state index contributed by atoms with van der Waals surface area (Å²) in [6.45, 7) is -0.411. The molecule has 2 heterocycles. The van der Waals surface area contributed by atoms with Gasteiger partial charge >= 0.3 is 5.97 Å². The minimum atomic E-state index is -0.658. The number of hydrogen-bond donors (Lipinski definition) is 2. The number of carbonyl (C=O) groups excluding carboxylic acids is 3. The second kappa shape index (κ2) is 7.22. The lowest BCUT2D eigenvalue weighted by Crippen LogP contribution is -2.36. The quantitative estimate of drug-likeness (QED) is 0.802. The number of thiazole rings is 1. The molecule has 1 aliphatic rings. The Balaban J connectivity index is 1.49. The summed E-state index contributed by atoms with van der Waals surface area (Å²) >= 11 is 1.29. The lowest BCUT2D eigenvalue weighted by Gasteiger charge is -2.09. The maximum absolute atomic E-state index is 11.8. The summed E-state index contributed by atoms with van der Waals surface area (Å²) in [7, 11) is 0. The molecule has 2 N–H and O–H groups in total. The molecule has 0 spiro atoms. The van der Waals surface area contributed by atoms with Gasteiger partial charge in [0.05, 0.1) is 5.69 Å². The van der Waals surface area contributed by atoms with Crippen LogP contribution >= 0.6 is 11.3 Å². The number of aromatic nitrogens is 1. The van der Waals surface area contributed by atoms with Crippen molar-refractivity contribution in [1.82, 2.24) is 10.3 Å². The van der Waals surface area contributed by atoms with Crippen LogP contribution < -0.4 is 10.6 Å². The average molecular weight is 345 g/mol. The number of esters is 1. The number of amides is 2. The predicted octanol–water partition coefficient (Wildman–Crippen LogP) is 1.57. The van der Waals surface area contributed by atoms with E-state index in [9.17, 15) is 14.4 Å². The van der Waals surface area contributed by atoms with Crippen LogP contribution in [0.5, 0.6) is 0 Å². The first-order valence-corrected chi connectivity index (χ1v) is 8.26. The van der Waals surface area contributed by atoms with E-state index >= 15 is 0 Å². The molecule has 0 aliphatic carbocycles. The fourth-order valence-electron chi connectivity index (χ4n) is 2.26. The highest BCUT2D eigenvalue weighted by Crippen LogP contribution is 2.24. The number of nitrogens with zero attached hydrogens (tertiary/aromatic N) is 1. The van der Waals surface area contributed by atoms with E-state index in [1.54, 1.807) is 0 Å². The Morgan fingerprint density at radius 1 is 1.33 bits per heavy atom. The molecule has 0 bridgehead atoms. The van der Waals surface area contributed by atoms with Crippen molar-refractivity contribution in [2.45, 2.75) is 18.9 Å². The molecular formula is C16H15N3O4S. The van der Waals surface area contributed by atoms with Gasteiger partial charge in [0.1, 0.15) is 6.04 Å². The van der Waals surface area contributed by atoms with Crippen LogP contribution in [0.25, 0.3) is 11.3 Å². The monoisotopic (exact) mass is 345 g/mol. The summed E-state index contributed by atoms with van der Waals surface area (Å²) < 4.78 is 4.91. The molecule has 1 saturated heterocycles. The first-order chi connectivity index (χ1) is 11.6. The Bertz CT molecular complexity index is 760. The molecule has 124 valence electrons. The zero-order valence-corrected chi connectivity index (χ0v) is 13.5. The van der Waals surface area contributed by atoms with Crippen molar-refractivity contribution in [3.05, 3.63) is 35.7 Å². The van der Waals surface area contributed by atoms with Gasteiger partial charge in [0.2, 0.25) is 5.91 Å². The Kier molecular flexibility index (Phi) is 4.85. The summed E-state index contributed by atoms with van der Waals surface area (Å²) in [5.41, 5.74) is 1.72. The molecule has 1 aromatic carbocycles. The van der Waals surface area contributed by atoms with Crippen molar-refractivity contribution < 1.29 is 19.1 Å². The van der Waals surface area contributed by atoms with Crippen LogP contribution in [-0.4, -0.2) is 35.4 Å². The van der Waals surface area contributed by atoms with E-state index in [1.165, 1.54) is 11.3 Å². The van der Waals surface area contributed by atoms with Crippen molar-refractivity contribution in [2.75, 3.05) is 11.9 Å². The third-order valence-electron chi connectivity index (χ3n) is 3.45. The summed E-state index contributed by atoms with van der Waals surface area (Å²) in [5.74, 6) is -1.25. The second-order valence-corrected chi connectivity index (χ2v) is 6.08. The van der Waals surface area contributed by atoms with Gasteiger partial charge in [-0.15, -0.1) is 11.3 Å². The molecule has 3 rings (SSSR count). The maximum Gasteiger partial charge on any atom is 0.329 e. The van der Waals surface area contributed by atoms with Crippen LogP contribution in [0.3, 0.4) is 0 Å². The number of anilines is 1. The third-order valence-corrected chi connectivity index (χ3v) is 4.20. The fraction of sp³-hybridized carbons (Fsp3) is 0.250. The van der Waals surface area contributed by atoms with Gasteiger partial charge in [0, 0.05) is 17.4 Å². The van der Waals surface area contributed by atoms with Crippen LogP contribution in [0.15, 0.2) is 35.7 Å². The summed E-state index contributed by atoms with van der Waals surface area (Å²) in [6, 6.07) is 8.94. The van der Waals surface area contributed by atoms with Crippen LogP contribution in [0, 0.1) is 0 Å². The van der Waals surface area contributed by atoms with Crippen molar-refractivity contribution in [3.63, 3.8) is 0 Å². The van der Waals surface area contributed by atoms with E-state index in [-0.39, 0.29) is 5.91 Å². The summed E-state index contributed by atoms with van der Waals surface area (Å²) in [5, 5.41) is 7.36. The lowest BCUT2D eigenvalue weighted by molar-refractivity contribution is -0.149. The van der Waals surface area contributed by atoms with E-state index < -0.39 is 24.5 Å². The van der Waals surface area contributed by atoms with Crippen molar-refractivity contribution in [3.8, 4) is 11.3 Å². The number of nitrogens with one attached hydrogen (secondary N) is 2. The smallest absolute Gasteiger partial charge is 0.329 e. The Labute approximate surface area is 142 Å². The van der Waals surface area contributed by atoms with E-state index in [0.29, 0.717) is 18.0 Å². The molecule has 1 aliphatic heterocycles. The molecule has 0 unspecified atom stereocenters. The van der Waals surface area contributed by atoms with Gasteiger partial charge in [-0.3, -0.25) is 14.9 Å². The van der Waals surface area contributed by atoms with E-state index in [4.69, 9.17) is 4.74 Å². The summed E-state index contributed by atoms with van der Waals surface area (Å²) in [6.07, 6.45) is 0.694. The highest BCUT2D eigenvalue weighted by Gasteiger charge is 2.28. The van der Waals surface area contributed by atoms with Crippen molar-refractivity contribution in [2.24, 2.45) is 0 Å². The zero-order chi connectivity index (χ0) is 16.9. The largest absolute Gasteiger partial charge is 0.454 e. The molecule has 7 nitrogen and oxygen atoms in total. The highest BCUT2D eigenvalue weighted by atomic mass is 32.1. The first-order valence-electron chi connectivity index (χ1n) is 7.38. The average Bonchev–Trinajstić information content (AvgIpc) is 3.23. The number of benzene rings is 1.